The standard InChI is InChI=1S/C24H30ClNO3/c1-28-18-10-11-22(29-2)19(15-18)23-20-8-5-6-12-24(20,27)13-14-26(23)16-17-7-3-4-9-21(17)25/h3-4,7,9-11,15,20,23,27H,5-6,8,12-14,16H2,1-2H3/p+1/t20-,23-,24+/m1/s1. The van der Waals surface area contributed by atoms with Crippen LogP contribution in [0.4, 0.5) is 0 Å². The molecule has 1 saturated carbocycles. The van der Waals surface area contributed by atoms with Crippen LogP contribution in [0.25, 0.3) is 0 Å². The van der Waals surface area contributed by atoms with E-state index in [4.69, 9.17) is 21.1 Å². The lowest BCUT2D eigenvalue weighted by atomic mass is 9.66. The Kier molecular flexibility index (Phi) is 6.05. The van der Waals surface area contributed by atoms with Crippen molar-refractivity contribution < 1.29 is 19.5 Å². The monoisotopic (exact) mass is 416 g/mol. The van der Waals surface area contributed by atoms with Gasteiger partial charge in [-0.1, -0.05) is 42.6 Å². The van der Waals surface area contributed by atoms with Crippen LogP contribution >= 0.6 is 11.6 Å². The number of hydrogen-bond acceptors (Lipinski definition) is 3. The molecule has 5 heteroatoms. The minimum atomic E-state index is -0.596. The zero-order valence-corrected chi connectivity index (χ0v) is 18.0. The number of piperidine rings is 1. The lowest BCUT2D eigenvalue weighted by Gasteiger charge is -2.50. The number of quaternary nitrogens is 1. The Bertz CT molecular complexity index is 858. The largest absolute Gasteiger partial charge is 0.497 e. The molecule has 0 spiro atoms. The van der Waals surface area contributed by atoms with E-state index in [1.165, 1.54) is 4.90 Å². The van der Waals surface area contributed by atoms with Gasteiger partial charge in [-0.2, -0.15) is 0 Å². The number of hydrogen-bond donors (Lipinski definition) is 2. The maximum Gasteiger partial charge on any atom is 0.128 e. The molecule has 2 N–H and O–H groups in total. The molecule has 0 radical (unpaired) electrons. The molecular weight excluding hydrogens is 386 g/mol. The Hall–Kier alpha value is -1.75. The van der Waals surface area contributed by atoms with Gasteiger partial charge in [0.15, 0.2) is 0 Å². The van der Waals surface area contributed by atoms with Crippen molar-refractivity contribution in [3.63, 3.8) is 0 Å². The third kappa shape index (κ3) is 3.98. The van der Waals surface area contributed by atoms with E-state index in [9.17, 15) is 5.11 Å². The van der Waals surface area contributed by atoms with Gasteiger partial charge in [-0.05, 0) is 37.1 Å². The van der Waals surface area contributed by atoms with E-state index < -0.39 is 5.60 Å². The van der Waals surface area contributed by atoms with Gasteiger partial charge in [-0.25, -0.2) is 0 Å². The highest BCUT2D eigenvalue weighted by Crippen LogP contribution is 2.46. The molecule has 1 saturated heterocycles. The van der Waals surface area contributed by atoms with Crippen LogP contribution in [0.3, 0.4) is 0 Å². The number of ether oxygens (including phenoxy) is 2. The third-order valence-electron chi connectivity index (χ3n) is 6.93. The van der Waals surface area contributed by atoms with Gasteiger partial charge in [0.25, 0.3) is 0 Å². The molecule has 4 nitrogen and oxygen atoms in total. The summed E-state index contributed by atoms with van der Waals surface area (Å²) in [6.45, 7) is 1.74. The zero-order valence-electron chi connectivity index (χ0n) is 17.3. The topological polar surface area (TPSA) is 43.1 Å². The summed E-state index contributed by atoms with van der Waals surface area (Å²) in [4.78, 5) is 1.43. The lowest BCUT2D eigenvalue weighted by molar-refractivity contribution is -0.958. The molecule has 4 atom stereocenters. The molecular formula is C24H31ClNO3+. The average molecular weight is 417 g/mol. The lowest BCUT2D eigenvalue weighted by Crippen LogP contribution is -3.13. The maximum absolute atomic E-state index is 11.5. The summed E-state index contributed by atoms with van der Waals surface area (Å²) in [7, 11) is 3.41. The van der Waals surface area contributed by atoms with Crippen molar-refractivity contribution in [1.29, 1.82) is 0 Å². The van der Waals surface area contributed by atoms with Crippen molar-refractivity contribution in [2.45, 2.75) is 50.3 Å². The van der Waals surface area contributed by atoms with Gasteiger partial charge in [-0.15, -0.1) is 0 Å². The van der Waals surface area contributed by atoms with Crippen molar-refractivity contribution >= 4 is 11.6 Å². The van der Waals surface area contributed by atoms with Gasteiger partial charge in [0.2, 0.25) is 0 Å². The average Bonchev–Trinajstić information content (AvgIpc) is 2.74. The van der Waals surface area contributed by atoms with Gasteiger partial charge in [0, 0.05) is 22.9 Å². The van der Waals surface area contributed by atoms with Gasteiger partial charge >= 0.3 is 0 Å². The van der Waals surface area contributed by atoms with Crippen LogP contribution < -0.4 is 14.4 Å². The molecule has 0 bridgehead atoms. The first-order valence-corrected chi connectivity index (χ1v) is 11.0. The van der Waals surface area contributed by atoms with E-state index in [1.807, 2.05) is 30.3 Å². The Balaban J connectivity index is 1.78. The molecule has 0 aromatic heterocycles. The van der Waals surface area contributed by atoms with Crippen LogP contribution in [0.1, 0.15) is 49.3 Å². The molecule has 156 valence electrons. The Labute approximate surface area is 178 Å². The van der Waals surface area contributed by atoms with Crippen molar-refractivity contribution in [2.24, 2.45) is 5.92 Å². The summed E-state index contributed by atoms with van der Waals surface area (Å²) < 4.78 is 11.3. The maximum atomic E-state index is 11.5. The number of benzene rings is 2. The van der Waals surface area contributed by atoms with Crippen LogP contribution in [0.15, 0.2) is 42.5 Å². The van der Waals surface area contributed by atoms with E-state index in [0.29, 0.717) is 0 Å². The summed E-state index contributed by atoms with van der Waals surface area (Å²) >= 11 is 6.50. The second-order valence-electron chi connectivity index (χ2n) is 8.47. The summed E-state index contributed by atoms with van der Waals surface area (Å²) in [6, 6.07) is 14.2. The van der Waals surface area contributed by atoms with Crippen LogP contribution in [0.5, 0.6) is 11.5 Å². The molecule has 29 heavy (non-hydrogen) atoms. The van der Waals surface area contributed by atoms with Crippen molar-refractivity contribution in [3.8, 4) is 11.5 Å². The van der Waals surface area contributed by atoms with Gasteiger partial charge < -0.3 is 19.5 Å². The van der Waals surface area contributed by atoms with Crippen LogP contribution in [0, 0.1) is 5.92 Å². The SMILES string of the molecule is COc1ccc(OC)c([C@@H]2[C@H]3CCCC[C@]3(O)CC[NH+]2Cc2ccccc2Cl)c1. The first kappa shape index (κ1) is 20.5. The fourth-order valence-corrected chi connectivity index (χ4v) is 5.66. The predicted molar refractivity (Wildman–Crippen MR) is 115 cm³/mol. The third-order valence-corrected chi connectivity index (χ3v) is 7.30. The Morgan fingerprint density at radius 1 is 1.10 bits per heavy atom. The number of aliphatic hydroxyl groups is 1. The van der Waals surface area contributed by atoms with E-state index in [0.717, 1.165) is 72.8 Å². The highest BCUT2D eigenvalue weighted by Gasteiger charge is 2.52. The Morgan fingerprint density at radius 2 is 1.93 bits per heavy atom. The highest BCUT2D eigenvalue weighted by molar-refractivity contribution is 6.31. The molecule has 0 amide bonds. The number of methoxy groups -OCH3 is 2. The van der Waals surface area contributed by atoms with Gasteiger partial charge in [-0.3, -0.25) is 0 Å². The minimum Gasteiger partial charge on any atom is -0.497 e. The Morgan fingerprint density at radius 3 is 2.69 bits per heavy atom. The summed E-state index contributed by atoms with van der Waals surface area (Å²) in [5, 5.41) is 12.3. The molecule has 1 aliphatic heterocycles. The van der Waals surface area contributed by atoms with Crippen LogP contribution in [-0.2, 0) is 6.54 Å². The smallest absolute Gasteiger partial charge is 0.128 e. The van der Waals surface area contributed by atoms with E-state index in [2.05, 4.69) is 12.1 Å². The van der Waals surface area contributed by atoms with Crippen molar-refractivity contribution in [1.82, 2.24) is 0 Å². The number of nitrogens with one attached hydrogen (secondary N) is 1. The van der Waals surface area contributed by atoms with E-state index in [1.54, 1.807) is 14.2 Å². The normalized spacial score (nSPS) is 29.2. The first-order chi connectivity index (χ1) is 14.1. The van der Waals surface area contributed by atoms with E-state index in [-0.39, 0.29) is 12.0 Å². The first-order valence-electron chi connectivity index (χ1n) is 10.6. The molecule has 1 heterocycles. The van der Waals surface area contributed by atoms with Crippen LogP contribution in [0.2, 0.25) is 5.02 Å². The molecule has 4 rings (SSSR count). The second kappa shape index (κ2) is 8.55. The molecule has 1 unspecified atom stereocenters. The molecule has 2 aromatic carbocycles. The van der Waals surface area contributed by atoms with E-state index >= 15 is 0 Å². The minimum absolute atomic E-state index is 0.135. The molecule has 2 aliphatic rings. The number of rotatable bonds is 5. The van der Waals surface area contributed by atoms with Crippen molar-refractivity contribution in [3.05, 3.63) is 58.6 Å². The summed E-state index contributed by atoms with van der Waals surface area (Å²) in [5.41, 5.74) is 1.68. The highest BCUT2D eigenvalue weighted by atomic mass is 35.5. The molecule has 2 aromatic rings. The van der Waals surface area contributed by atoms with Gasteiger partial charge in [0.05, 0.1) is 31.9 Å². The predicted octanol–water partition coefficient (Wildman–Crippen LogP) is 3.81. The summed E-state index contributed by atoms with van der Waals surface area (Å²) in [6.07, 6.45) is 5.03. The fraction of sp³-hybridized carbons (Fsp3) is 0.500. The molecule has 2 fully saturated rings. The second-order valence-corrected chi connectivity index (χ2v) is 8.88. The molecule has 1 aliphatic carbocycles. The quantitative estimate of drug-likeness (QED) is 0.778. The van der Waals surface area contributed by atoms with Crippen LogP contribution in [-0.4, -0.2) is 31.5 Å². The fourth-order valence-electron chi connectivity index (χ4n) is 5.46. The summed E-state index contributed by atoms with van der Waals surface area (Å²) in [5.74, 6) is 1.88. The van der Waals surface area contributed by atoms with Crippen molar-refractivity contribution in [2.75, 3.05) is 20.8 Å². The van der Waals surface area contributed by atoms with Gasteiger partial charge in [0.1, 0.15) is 24.1 Å². The zero-order chi connectivity index (χ0) is 20.4. The number of likely N-dealkylation sites (tertiary alicyclic amines) is 1. The number of fused-ring (bicyclic) bond motifs is 1. The number of halogens is 1.